The molecule has 19 heavy (non-hydrogen) atoms. The molecule has 0 saturated carbocycles. The molecule has 0 atom stereocenters. The molecule has 0 unspecified atom stereocenters. The van der Waals surface area contributed by atoms with Crippen LogP contribution in [0.15, 0.2) is 24.3 Å². The van der Waals surface area contributed by atoms with Gasteiger partial charge in [0.15, 0.2) is 0 Å². The van der Waals surface area contributed by atoms with E-state index in [0.717, 1.165) is 24.5 Å². The van der Waals surface area contributed by atoms with Gasteiger partial charge in [-0.15, -0.1) is 0 Å². The molecule has 5 nitrogen and oxygen atoms in total. The number of hydrogen-bond acceptors (Lipinski definition) is 4. The SMILES string of the molecule is CCOc1ccccc1N1CCN(C(=O)OC)CC1. The maximum absolute atomic E-state index is 11.4. The highest BCUT2D eigenvalue weighted by molar-refractivity contribution is 5.68. The van der Waals surface area contributed by atoms with Gasteiger partial charge in [-0.25, -0.2) is 4.79 Å². The molecule has 1 aliphatic rings. The summed E-state index contributed by atoms with van der Waals surface area (Å²) in [5, 5.41) is 0. The minimum atomic E-state index is -0.252. The van der Waals surface area contributed by atoms with Crippen molar-refractivity contribution in [3.63, 3.8) is 0 Å². The fourth-order valence-electron chi connectivity index (χ4n) is 2.25. The summed E-state index contributed by atoms with van der Waals surface area (Å²) in [6, 6.07) is 8.01. The zero-order valence-corrected chi connectivity index (χ0v) is 11.5. The lowest BCUT2D eigenvalue weighted by molar-refractivity contribution is 0.121. The number of anilines is 1. The van der Waals surface area contributed by atoms with Crippen molar-refractivity contribution < 1.29 is 14.3 Å². The van der Waals surface area contributed by atoms with Crippen molar-refractivity contribution in [2.24, 2.45) is 0 Å². The lowest BCUT2D eigenvalue weighted by atomic mass is 10.2. The summed E-state index contributed by atoms with van der Waals surface area (Å²) in [5.41, 5.74) is 1.09. The van der Waals surface area contributed by atoms with Crippen molar-refractivity contribution in [1.82, 2.24) is 4.90 Å². The Morgan fingerprint density at radius 3 is 2.53 bits per heavy atom. The Morgan fingerprint density at radius 2 is 1.89 bits per heavy atom. The van der Waals surface area contributed by atoms with Gasteiger partial charge in [0.2, 0.25) is 0 Å². The Kier molecular flexibility index (Phi) is 4.49. The number of benzene rings is 1. The van der Waals surface area contributed by atoms with Crippen LogP contribution in [0.5, 0.6) is 5.75 Å². The van der Waals surface area contributed by atoms with Gasteiger partial charge in [-0.1, -0.05) is 12.1 Å². The zero-order chi connectivity index (χ0) is 13.7. The number of carbonyl (C=O) groups excluding carboxylic acids is 1. The van der Waals surface area contributed by atoms with Crippen LogP contribution >= 0.6 is 0 Å². The molecule has 1 aromatic rings. The summed E-state index contributed by atoms with van der Waals surface area (Å²) < 4.78 is 10.4. The Balaban J connectivity index is 2.03. The second-order valence-corrected chi connectivity index (χ2v) is 4.34. The van der Waals surface area contributed by atoms with E-state index >= 15 is 0 Å². The van der Waals surface area contributed by atoms with Gasteiger partial charge in [-0.2, -0.15) is 0 Å². The highest BCUT2D eigenvalue weighted by atomic mass is 16.5. The van der Waals surface area contributed by atoms with Crippen LogP contribution in [-0.2, 0) is 4.74 Å². The van der Waals surface area contributed by atoms with Gasteiger partial charge in [0, 0.05) is 26.2 Å². The summed E-state index contributed by atoms with van der Waals surface area (Å²) in [7, 11) is 1.42. The topological polar surface area (TPSA) is 42.0 Å². The Bertz CT molecular complexity index is 428. The molecule has 0 aliphatic carbocycles. The normalized spacial score (nSPS) is 15.3. The number of rotatable bonds is 3. The summed E-state index contributed by atoms with van der Waals surface area (Å²) in [6.45, 7) is 5.56. The molecule has 0 radical (unpaired) electrons. The third-order valence-corrected chi connectivity index (χ3v) is 3.22. The zero-order valence-electron chi connectivity index (χ0n) is 11.5. The molecule has 104 valence electrons. The first-order chi connectivity index (χ1) is 9.26. The molecular formula is C14H20N2O3. The van der Waals surface area contributed by atoms with E-state index in [1.54, 1.807) is 4.90 Å². The number of carbonyl (C=O) groups is 1. The van der Waals surface area contributed by atoms with E-state index in [1.807, 2.05) is 25.1 Å². The van der Waals surface area contributed by atoms with E-state index in [-0.39, 0.29) is 6.09 Å². The Hall–Kier alpha value is -1.91. The number of piperazine rings is 1. The smallest absolute Gasteiger partial charge is 0.409 e. The first-order valence-electron chi connectivity index (χ1n) is 6.56. The van der Waals surface area contributed by atoms with Gasteiger partial charge in [0.05, 0.1) is 19.4 Å². The molecule has 1 aromatic carbocycles. The van der Waals surface area contributed by atoms with Crippen LogP contribution in [0.1, 0.15) is 6.92 Å². The number of para-hydroxylation sites is 2. The van der Waals surface area contributed by atoms with Gasteiger partial charge < -0.3 is 19.3 Å². The maximum atomic E-state index is 11.4. The summed E-state index contributed by atoms with van der Waals surface area (Å²) in [6.07, 6.45) is -0.252. The molecule has 0 N–H and O–H groups in total. The predicted octanol–water partition coefficient (Wildman–Crippen LogP) is 1.97. The maximum Gasteiger partial charge on any atom is 0.409 e. The molecule has 1 saturated heterocycles. The lowest BCUT2D eigenvalue weighted by Gasteiger charge is -2.35. The number of methoxy groups -OCH3 is 1. The first kappa shape index (κ1) is 13.5. The number of hydrogen-bond donors (Lipinski definition) is 0. The summed E-state index contributed by atoms with van der Waals surface area (Å²) >= 11 is 0. The number of nitrogens with zero attached hydrogens (tertiary/aromatic N) is 2. The average molecular weight is 264 g/mol. The molecule has 1 amide bonds. The Morgan fingerprint density at radius 1 is 1.21 bits per heavy atom. The lowest BCUT2D eigenvalue weighted by Crippen LogP contribution is -2.48. The minimum absolute atomic E-state index is 0.252. The monoisotopic (exact) mass is 264 g/mol. The number of ether oxygens (including phenoxy) is 2. The van der Waals surface area contributed by atoms with Crippen molar-refractivity contribution in [1.29, 1.82) is 0 Å². The van der Waals surface area contributed by atoms with Crippen LogP contribution in [-0.4, -0.2) is 50.9 Å². The van der Waals surface area contributed by atoms with Crippen molar-refractivity contribution >= 4 is 11.8 Å². The van der Waals surface area contributed by atoms with Crippen molar-refractivity contribution in [2.45, 2.75) is 6.92 Å². The largest absolute Gasteiger partial charge is 0.492 e. The van der Waals surface area contributed by atoms with Crippen LogP contribution in [0.2, 0.25) is 0 Å². The van der Waals surface area contributed by atoms with Crippen molar-refractivity contribution in [2.75, 3.05) is 44.8 Å². The quantitative estimate of drug-likeness (QED) is 0.837. The second kappa shape index (κ2) is 6.31. The van der Waals surface area contributed by atoms with Gasteiger partial charge in [-0.05, 0) is 19.1 Å². The van der Waals surface area contributed by atoms with Gasteiger partial charge in [-0.3, -0.25) is 0 Å². The van der Waals surface area contributed by atoms with E-state index in [2.05, 4.69) is 11.0 Å². The van der Waals surface area contributed by atoms with Gasteiger partial charge in [0.1, 0.15) is 5.75 Å². The third kappa shape index (κ3) is 3.10. The van der Waals surface area contributed by atoms with Crippen LogP contribution in [0, 0.1) is 0 Å². The highest BCUT2D eigenvalue weighted by Crippen LogP contribution is 2.28. The Labute approximate surface area is 113 Å². The van der Waals surface area contributed by atoms with E-state index in [1.165, 1.54) is 7.11 Å². The van der Waals surface area contributed by atoms with Crippen molar-refractivity contribution in [3.05, 3.63) is 24.3 Å². The molecule has 0 spiro atoms. The van der Waals surface area contributed by atoms with Gasteiger partial charge in [0.25, 0.3) is 0 Å². The predicted molar refractivity (Wildman–Crippen MR) is 73.8 cm³/mol. The van der Waals surface area contributed by atoms with Crippen LogP contribution < -0.4 is 9.64 Å². The van der Waals surface area contributed by atoms with Crippen LogP contribution in [0.25, 0.3) is 0 Å². The van der Waals surface area contributed by atoms with E-state index < -0.39 is 0 Å². The van der Waals surface area contributed by atoms with E-state index in [9.17, 15) is 4.79 Å². The third-order valence-electron chi connectivity index (χ3n) is 3.22. The minimum Gasteiger partial charge on any atom is -0.492 e. The molecule has 0 aromatic heterocycles. The molecular weight excluding hydrogens is 244 g/mol. The van der Waals surface area contributed by atoms with Crippen LogP contribution in [0.4, 0.5) is 10.5 Å². The summed E-state index contributed by atoms with van der Waals surface area (Å²) in [4.78, 5) is 15.4. The molecule has 2 rings (SSSR count). The molecule has 1 aliphatic heterocycles. The highest BCUT2D eigenvalue weighted by Gasteiger charge is 2.23. The van der Waals surface area contributed by atoms with E-state index in [0.29, 0.717) is 19.7 Å². The fourth-order valence-corrected chi connectivity index (χ4v) is 2.25. The van der Waals surface area contributed by atoms with Crippen LogP contribution in [0.3, 0.4) is 0 Å². The van der Waals surface area contributed by atoms with E-state index in [4.69, 9.17) is 9.47 Å². The average Bonchev–Trinajstić information content (AvgIpc) is 2.47. The molecule has 1 fully saturated rings. The van der Waals surface area contributed by atoms with Gasteiger partial charge >= 0.3 is 6.09 Å². The molecule has 1 heterocycles. The first-order valence-corrected chi connectivity index (χ1v) is 6.56. The molecule has 5 heteroatoms. The molecule has 0 bridgehead atoms. The standard InChI is InChI=1S/C14H20N2O3/c1-3-19-13-7-5-4-6-12(13)15-8-10-16(11-9-15)14(17)18-2/h4-7H,3,8-11H2,1-2H3. The summed E-state index contributed by atoms with van der Waals surface area (Å²) in [5.74, 6) is 0.900. The number of amides is 1. The van der Waals surface area contributed by atoms with Crippen molar-refractivity contribution in [3.8, 4) is 5.75 Å². The second-order valence-electron chi connectivity index (χ2n) is 4.34. The fraction of sp³-hybridized carbons (Fsp3) is 0.500.